The van der Waals surface area contributed by atoms with Gasteiger partial charge in [0.25, 0.3) is 0 Å². The van der Waals surface area contributed by atoms with E-state index in [2.05, 4.69) is 0 Å². The van der Waals surface area contributed by atoms with E-state index < -0.39 is 0 Å². The van der Waals surface area contributed by atoms with Crippen LogP contribution in [0, 0.1) is 0 Å². The number of allylic oxidation sites excluding steroid dienone is 1. The molecule has 0 saturated heterocycles. The van der Waals surface area contributed by atoms with Crippen LogP contribution >= 0.6 is 0 Å². The first kappa shape index (κ1) is 17.7. The summed E-state index contributed by atoms with van der Waals surface area (Å²) in [4.78, 5) is 24.8. The first-order chi connectivity index (χ1) is 10.0. The van der Waals surface area contributed by atoms with Gasteiger partial charge in [-0.15, -0.1) is 0 Å². The Morgan fingerprint density at radius 2 is 2.05 bits per heavy atom. The Morgan fingerprint density at radius 3 is 2.71 bits per heavy atom. The summed E-state index contributed by atoms with van der Waals surface area (Å²) in [5.41, 5.74) is 0.728. The third-order valence-electron chi connectivity index (χ3n) is 3.43. The van der Waals surface area contributed by atoms with Gasteiger partial charge in [-0.25, -0.2) is 0 Å². The van der Waals surface area contributed by atoms with Crippen molar-refractivity contribution in [2.24, 2.45) is 0 Å². The lowest BCUT2D eigenvalue weighted by Crippen LogP contribution is -2.34. The molecule has 1 heterocycles. The van der Waals surface area contributed by atoms with Gasteiger partial charge in [-0.05, 0) is 33.1 Å². The summed E-state index contributed by atoms with van der Waals surface area (Å²) in [6, 6.07) is 0. The molecule has 120 valence electrons. The van der Waals surface area contributed by atoms with Crippen LogP contribution in [0.1, 0.15) is 58.8 Å². The second kappa shape index (κ2) is 9.55. The molecule has 0 radical (unpaired) electrons. The topological polar surface area (TPSA) is 66.8 Å². The van der Waals surface area contributed by atoms with Crippen molar-refractivity contribution in [3.05, 3.63) is 11.8 Å². The molecule has 0 aromatic rings. The fourth-order valence-corrected chi connectivity index (χ4v) is 2.40. The molecule has 1 rings (SSSR count). The highest BCUT2D eigenvalue weighted by molar-refractivity contribution is 5.79. The maximum Gasteiger partial charge on any atom is 0.306 e. The van der Waals surface area contributed by atoms with Gasteiger partial charge in [0.2, 0.25) is 5.91 Å². The standard InChI is InChI=1S/C16H27NO4/c1-13(2)21-16(20)10-5-3-4-6-11-17-14(12-18)8-7-9-15(17)19/h8,13,18H,3-7,9-12H2,1-2H3. The van der Waals surface area contributed by atoms with E-state index in [0.29, 0.717) is 19.4 Å². The van der Waals surface area contributed by atoms with Crippen molar-refractivity contribution in [2.45, 2.75) is 64.9 Å². The average molecular weight is 297 g/mol. The largest absolute Gasteiger partial charge is 0.463 e. The van der Waals surface area contributed by atoms with Crippen LogP contribution in [0.5, 0.6) is 0 Å². The number of unbranched alkanes of at least 4 members (excludes halogenated alkanes) is 3. The number of amides is 1. The molecule has 0 spiro atoms. The minimum atomic E-state index is -0.137. The van der Waals surface area contributed by atoms with E-state index in [1.54, 1.807) is 4.90 Å². The number of esters is 1. The van der Waals surface area contributed by atoms with Crippen molar-refractivity contribution >= 4 is 11.9 Å². The number of rotatable bonds is 9. The smallest absolute Gasteiger partial charge is 0.306 e. The van der Waals surface area contributed by atoms with Gasteiger partial charge in [-0.1, -0.05) is 18.9 Å². The van der Waals surface area contributed by atoms with E-state index >= 15 is 0 Å². The molecule has 0 unspecified atom stereocenters. The van der Waals surface area contributed by atoms with Crippen molar-refractivity contribution in [1.82, 2.24) is 4.90 Å². The van der Waals surface area contributed by atoms with E-state index in [-0.39, 0.29) is 24.6 Å². The molecule has 1 aliphatic heterocycles. The quantitative estimate of drug-likeness (QED) is 0.524. The summed E-state index contributed by atoms with van der Waals surface area (Å²) in [5.74, 6) is -0.0382. The van der Waals surface area contributed by atoms with Crippen LogP contribution in [0.3, 0.4) is 0 Å². The highest BCUT2D eigenvalue weighted by Crippen LogP contribution is 2.17. The normalized spacial score (nSPS) is 15.3. The molecule has 0 aromatic carbocycles. The van der Waals surface area contributed by atoms with Gasteiger partial charge in [0, 0.05) is 25.1 Å². The van der Waals surface area contributed by atoms with Crippen LogP contribution in [0.25, 0.3) is 0 Å². The average Bonchev–Trinajstić information content (AvgIpc) is 2.43. The minimum Gasteiger partial charge on any atom is -0.463 e. The maximum atomic E-state index is 11.8. The van der Waals surface area contributed by atoms with Gasteiger partial charge < -0.3 is 14.7 Å². The molecule has 0 atom stereocenters. The Labute approximate surface area is 127 Å². The van der Waals surface area contributed by atoms with Crippen LogP contribution < -0.4 is 0 Å². The zero-order chi connectivity index (χ0) is 15.7. The van der Waals surface area contributed by atoms with Crippen LogP contribution in [0.2, 0.25) is 0 Å². The Kier molecular flexibility index (Phi) is 8.05. The van der Waals surface area contributed by atoms with Gasteiger partial charge in [0.1, 0.15) is 0 Å². The summed E-state index contributed by atoms with van der Waals surface area (Å²) in [6.07, 6.45) is 7.24. The monoisotopic (exact) mass is 297 g/mol. The summed E-state index contributed by atoms with van der Waals surface area (Å²) in [7, 11) is 0. The third-order valence-corrected chi connectivity index (χ3v) is 3.43. The number of aliphatic hydroxyl groups excluding tert-OH is 1. The van der Waals surface area contributed by atoms with Gasteiger partial charge >= 0.3 is 5.97 Å². The molecule has 1 N–H and O–H groups in total. The van der Waals surface area contributed by atoms with E-state index in [1.807, 2.05) is 19.9 Å². The zero-order valence-corrected chi connectivity index (χ0v) is 13.1. The summed E-state index contributed by atoms with van der Waals surface area (Å²) < 4.78 is 5.07. The molecule has 1 amide bonds. The summed E-state index contributed by atoms with van der Waals surface area (Å²) >= 11 is 0. The molecule has 5 heteroatoms. The molecule has 0 bridgehead atoms. The van der Waals surface area contributed by atoms with E-state index in [0.717, 1.165) is 37.8 Å². The van der Waals surface area contributed by atoms with Crippen molar-refractivity contribution in [2.75, 3.05) is 13.2 Å². The molecule has 0 fully saturated rings. The molecule has 21 heavy (non-hydrogen) atoms. The maximum absolute atomic E-state index is 11.8. The van der Waals surface area contributed by atoms with Crippen LogP contribution in [0.15, 0.2) is 11.8 Å². The fraction of sp³-hybridized carbons (Fsp3) is 0.750. The Hall–Kier alpha value is -1.36. The second-order valence-corrected chi connectivity index (χ2v) is 5.64. The molecule has 0 saturated carbocycles. The number of hydrogen-bond acceptors (Lipinski definition) is 4. The molecular weight excluding hydrogens is 270 g/mol. The first-order valence-corrected chi connectivity index (χ1v) is 7.84. The number of aliphatic hydroxyl groups is 1. The van der Waals surface area contributed by atoms with E-state index in [9.17, 15) is 14.7 Å². The molecule has 0 aromatic heterocycles. The van der Waals surface area contributed by atoms with Gasteiger partial charge in [0.15, 0.2) is 0 Å². The summed E-state index contributed by atoms with van der Waals surface area (Å²) in [6.45, 7) is 4.27. The Balaban J connectivity index is 2.13. The lowest BCUT2D eigenvalue weighted by Gasteiger charge is -2.27. The Bertz CT molecular complexity index is 376. The fourth-order valence-electron chi connectivity index (χ4n) is 2.40. The number of nitrogens with zero attached hydrogens (tertiary/aromatic N) is 1. The van der Waals surface area contributed by atoms with Crippen molar-refractivity contribution < 1.29 is 19.4 Å². The van der Waals surface area contributed by atoms with Crippen molar-refractivity contribution in [1.29, 1.82) is 0 Å². The highest BCUT2D eigenvalue weighted by Gasteiger charge is 2.20. The molecular formula is C16H27NO4. The van der Waals surface area contributed by atoms with Crippen molar-refractivity contribution in [3.63, 3.8) is 0 Å². The number of carbonyl (C=O) groups is 2. The molecule has 1 aliphatic rings. The van der Waals surface area contributed by atoms with Crippen LogP contribution in [-0.2, 0) is 14.3 Å². The lowest BCUT2D eigenvalue weighted by molar-refractivity contribution is -0.147. The third kappa shape index (κ3) is 6.76. The van der Waals surface area contributed by atoms with Crippen LogP contribution in [-0.4, -0.2) is 41.1 Å². The minimum absolute atomic E-state index is 0.0497. The number of hydrogen-bond donors (Lipinski definition) is 1. The van der Waals surface area contributed by atoms with Gasteiger partial charge in [-0.2, -0.15) is 0 Å². The van der Waals surface area contributed by atoms with Crippen LogP contribution in [0.4, 0.5) is 0 Å². The SMILES string of the molecule is CC(C)OC(=O)CCCCCCN1C(=O)CCC=C1CO. The number of carbonyl (C=O) groups excluding carboxylic acids is 2. The predicted molar refractivity (Wildman–Crippen MR) is 80.4 cm³/mol. The van der Waals surface area contributed by atoms with E-state index in [4.69, 9.17) is 4.74 Å². The zero-order valence-electron chi connectivity index (χ0n) is 13.1. The highest BCUT2D eigenvalue weighted by atomic mass is 16.5. The van der Waals surface area contributed by atoms with E-state index in [1.165, 1.54) is 0 Å². The summed E-state index contributed by atoms with van der Waals surface area (Å²) in [5, 5.41) is 9.24. The Morgan fingerprint density at radius 1 is 1.33 bits per heavy atom. The lowest BCUT2D eigenvalue weighted by atomic mass is 10.1. The molecule has 0 aliphatic carbocycles. The molecule has 5 nitrogen and oxygen atoms in total. The first-order valence-electron chi connectivity index (χ1n) is 7.84. The number of ether oxygens (including phenoxy) is 1. The predicted octanol–water partition coefficient (Wildman–Crippen LogP) is 2.39. The van der Waals surface area contributed by atoms with Gasteiger partial charge in [0.05, 0.1) is 12.7 Å². The van der Waals surface area contributed by atoms with Crippen molar-refractivity contribution in [3.8, 4) is 0 Å². The second-order valence-electron chi connectivity index (χ2n) is 5.64. The van der Waals surface area contributed by atoms with Gasteiger partial charge in [-0.3, -0.25) is 9.59 Å².